The van der Waals surface area contributed by atoms with Crippen molar-refractivity contribution in [1.29, 1.82) is 0 Å². The number of aliphatic hydroxyl groups is 1. The van der Waals surface area contributed by atoms with Crippen molar-refractivity contribution in [2.45, 2.75) is 51.3 Å². The van der Waals surface area contributed by atoms with Crippen LogP contribution in [0.25, 0.3) is 0 Å². The molecule has 0 spiro atoms. The van der Waals surface area contributed by atoms with Gasteiger partial charge in [0, 0.05) is 32.6 Å². The van der Waals surface area contributed by atoms with Crippen LogP contribution >= 0.6 is 0 Å². The number of alkyl halides is 3. The number of morpholine rings is 1. The molecule has 3 rings (SSSR count). The maximum Gasteiger partial charge on any atom is 0.418 e. The molecule has 0 aliphatic carbocycles. The van der Waals surface area contributed by atoms with Gasteiger partial charge in [-0.05, 0) is 38.3 Å². The molecule has 2 aliphatic rings. The van der Waals surface area contributed by atoms with Crippen LogP contribution < -0.4 is 9.80 Å². The second-order valence-electron chi connectivity index (χ2n) is 8.67. The van der Waals surface area contributed by atoms with E-state index in [1.54, 1.807) is 13.0 Å². The van der Waals surface area contributed by atoms with Gasteiger partial charge in [0.2, 0.25) is 0 Å². The maximum atomic E-state index is 14.0. The molecule has 1 aromatic rings. The van der Waals surface area contributed by atoms with Crippen molar-refractivity contribution < 1.29 is 42.1 Å². The molecule has 0 bridgehead atoms. The van der Waals surface area contributed by atoms with E-state index in [1.165, 1.54) is 13.0 Å². The number of rotatable bonds is 9. The Morgan fingerprint density at radius 3 is 2.20 bits per heavy atom. The number of anilines is 2. The lowest BCUT2D eigenvalue weighted by Crippen LogP contribution is -2.49. The molecule has 0 radical (unpaired) electrons. The van der Waals surface area contributed by atoms with Crippen LogP contribution in [0.2, 0.25) is 0 Å². The predicted molar refractivity (Wildman–Crippen MR) is 123 cm³/mol. The highest BCUT2D eigenvalue weighted by Crippen LogP contribution is 2.42. The van der Waals surface area contributed by atoms with Gasteiger partial charge in [-0.3, -0.25) is 4.79 Å². The van der Waals surface area contributed by atoms with Crippen molar-refractivity contribution in [3.8, 4) is 0 Å². The van der Waals surface area contributed by atoms with E-state index < -0.39 is 36.6 Å². The Bertz CT molecular complexity index is 898. The predicted octanol–water partition coefficient (Wildman–Crippen LogP) is 3.09. The van der Waals surface area contributed by atoms with Gasteiger partial charge in [0.05, 0.1) is 49.8 Å². The molecule has 0 aromatic heterocycles. The third-order valence-electron chi connectivity index (χ3n) is 6.25. The van der Waals surface area contributed by atoms with Crippen LogP contribution in [0.3, 0.4) is 0 Å². The lowest BCUT2D eigenvalue weighted by molar-refractivity contribution is -0.262. The van der Waals surface area contributed by atoms with E-state index in [0.29, 0.717) is 32.0 Å². The van der Waals surface area contributed by atoms with Gasteiger partial charge in [0.15, 0.2) is 5.60 Å². The van der Waals surface area contributed by atoms with Gasteiger partial charge in [-0.25, -0.2) is 4.79 Å². The van der Waals surface area contributed by atoms with Gasteiger partial charge in [-0.15, -0.1) is 0 Å². The number of esters is 2. The molecule has 1 atom stereocenters. The second kappa shape index (κ2) is 11.5. The molecule has 1 unspecified atom stereocenters. The fourth-order valence-corrected chi connectivity index (χ4v) is 4.55. The number of carbonyl (C=O) groups excluding carboxylic acids is 2. The van der Waals surface area contributed by atoms with E-state index in [9.17, 15) is 27.9 Å². The molecule has 1 N–H and O–H groups in total. The Morgan fingerprint density at radius 1 is 1.00 bits per heavy atom. The van der Waals surface area contributed by atoms with Crippen LogP contribution in [-0.2, 0) is 25.4 Å². The molecule has 0 saturated carbocycles. The van der Waals surface area contributed by atoms with E-state index in [4.69, 9.17) is 9.47 Å². The summed E-state index contributed by atoms with van der Waals surface area (Å²) in [6, 6.07) is 3.11. The fraction of sp³-hybridized carbons (Fsp3) is 0.667. The third-order valence-corrected chi connectivity index (χ3v) is 6.25. The van der Waals surface area contributed by atoms with Gasteiger partial charge >= 0.3 is 18.1 Å². The van der Waals surface area contributed by atoms with Crippen LogP contribution in [-0.4, -0.2) is 81.4 Å². The zero-order valence-electron chi connectivity index (χ0n) is 20.2. The number of nitrogens with zero attached hydrogens (tertiary/aromatic N) is 2. The molecule has 2 saturated heterocycles. The summed E-state index contributed by atoms with van der Waals surface area (Å²) in [6.45, 7) is 6.21. The van der Waals surface area contributed by atoms with Crippen LogP contribution in [0.15, 0.2) is 12.1 Å². The summed E-state index contributed by atoms with van der Waals surface area (Å²) in [5, 5.41) is 10.7. The SMILES string of the molecule is CCOC(=O)CC(O)(Cc1ccc(N2CCCC2)c(N2CCOCC2)c1C(=O)OCC)C(F)(F)F. The summed E-state index contributed by atoms with van der Waals surface area (Å²) in [7, 11) is 0. The largest absolute Gasteiger partial charge is 0.466 e. The summed E-state index contributed by atoms with van der Waals surface area (Å²) in [4.78, 5) is 29.2. The molecule has 0 amide bonds. The Labute approximate surface area is 202 Å². The second-order valence-corrected chi connectivity index (χ2v) is 8.67. The normalized spacial score (nSPS) is 18.3. The zero-order chi connectivity index (χ0) is 25.6. The summed E-state index contributed by atoms with van der Waals surface area (Å²) in [6.07, 6.45) is -5.49. The molecular weight excluding hydrogens is 469 g/mol. The van der Waals surface area contributed by atoms with Gasteiger partial charge in [-0.2, -0.15) is 13.2 Å². The Morgan fingerprint density at radius 2 is 1.63 bits per heavy atom. The molecular formula is C24H33F3N2O6. The monoisotopic (exact) mass is 502 g/mol. The third kappa shape index (κ3) is 6.19. The van der Waals surface area contributed by atoms with E-state index in [-0.39, 0.29) is 24.3 Å². The van der Waals surface area contributed by atoms with Crippen molar-refractivity contribution in [1.82, 2.24) is 0 Å². The first kappa shape index (κ1) is 27.1. The van der Waals surface area contributed by atoms with E-state index >= 15 is 0 Å². The summed E-state index contributed by atoms with van der Waals surface area (Å²) in [5.41, 5.74) is -2.27. The number of carbonyl (C=O) groups is 2. The van der Waals surface area contributed by atoms with E-state index in [0.717, 1.165) is 31.6 Å². The molecule has 8 nitrogen and oxygen atoms in total. The molecule has 1 aromatic carbocycles. The van der Waals surface area contributed by atoms with Crippen molar-refractivity contribution >= 4 is 23.3 Å². The Kier molecular flexibility index (Phi) is 8.87. The average Bonchev–Trinajstić information content (AvgIpc) is 3.33. The minimum absolute atomic E-state index is 0.0234. The number of hydrogen-bond acceptors (Lipinski definition) is 8. The van der Waals surface area contributed by atoms with Gasteiger partial charge in [-0.1, -0.05) is 6.07 Å². The standard InChI is InChI=1S/C24H33F3N2O6/c1-3-34-19(30)16-23(32,24(25,26)27)15-17-7-8-18(28-9-5-6-10-28)21(20(17)22(31)35-4-2)29-11-13-33-14-12-29/h7-8,32H,3-6,9-16H2,1-2H3. The summed E-state index contributed by atoms with van der Waals surface area (Å²) >= 11 is 0. The van der Waals surface area contributed by atoms with Crippen LogP contribution in [0.1, 0.15) is 49.0 Å². The van der Waals surface area contributed by atoms with Crippen LogP contribution in [0.5, 0.6) is 0 Å². The lowest BCUT2D eigenvalue weighted by Gasteiger charge is -2.36. The number of benzene rings is 1. The van der Waals surface area contributed by atoms with Crippen LogP contribution in [0.4, 0.5) is 24.5 Å². The van der Waals surface area contributed by atoms with Gasteiger partial charge in [0.1, 0.15) is 0 Å². The highest BCUT2D eigenvalue weighted by atomic mass is 19.4. The number of halogens is 3. The minimum Gasteiger partial charge on any atom is -0.466 e. The highest BCUT2D eigenvalue weighted by Gasteiger charge is 2.55. The minimum atomic E-state index is -5.14. The molecule has 2 heterocycles. The van der Waals surface area contributed by atoms with Crippen molar-refractivity contribution in [3.05, 3.63) is 23.3 Å². The molecule has 11 heteroatoms. The van der Waals surface area contributed by atoms with Gasteiger partial charge in [0.25, 0.3) is 0 Å². The highest BCUT2D eigenvalue weighted by molar-refractivity contribution is 6.01. The van der Waals surface area contributed by atoms with Crippen LogP contribution in [0, 0.1) is 0 Å². The average molecular weight is 503 g/mol. The molecule has 2 fully saturated rings. The molecule has 2 aliphatic heterocycles. The summed E-state index contributed by atoms with van der Waals surface area (Å²) in [5.74, 6) is -1.95. The van der Waals surface area contributed by atoms with Crippen molar-refractivity contribution in [2.75, 3.05) is 62.4 Å². The lowest BCUT2D eigenvalue weighted by atomic mass is 9.87. The Balaban J connectivity index is 2.15. The van der Waals surface area contributed by atoms with E-state index in [2.05, 4.69) is 9.64 Å². The first-order chi connectivity index (χ1) is 16.6. The smallest absolute Gasteiger partial charge is 0.418 e. The quantitative estimate of drug-likeness (QED) is 0.516. The van der Waals surface area contributed by atoms with Crippen molar-refractivity contribution in [2.24, 2.45) is 0 Å². The zero-order valence-corrected chi connectivity index (χ0v) is 20.2. The number of ether oxygens (including phenoxy) is 3. The first-order valence-electron chi connectivity index (χ1n) is 12.0. The summed E-state index contributed by atoms with van der Waals surface area (Å²) < 4.78 is 57.5. The molecule has 35 heavy (non-hydrogen) atoms. The van der Waals surface area contributed by atoms with E-state index in [1.807, 2.05) is 4.90 Å². The Hall–Kier alpha value is -2.53. The maximum absolute atomic E-state index is 14.0. The topological polar surface area (TPSA) is 88.5 Å². The fourth-order valence-electron chi connectivity index (χ4n) is 4.55. The molecule has 196 valence electrons. The first-order valence-corrected chi connectivity index (χ1v) is 12.0. The number of hydrogen-bond donors (Lipinski definition) is 1. The van der Waals surface area contributed by atoms with Gasteiger partial charge < -0.3 is 29.1 Å². The van der Waals surface area contributed by atoms with Crippen molar-refractivity contribution in [3.63, 3.8) is 0 Å².